The Morgan fingerprint density at radius 2 is 1.91 bits per heavy atom. The van der Waals surface area contributed by atoms with Gasteiger partial charge in [-0.1, -0.05) is 12.1 Å². The average molecular weight is 325 g/mol. The van der Waals surface area contributed by atoms with Crippen molar-refractivity contribution < 1.29 is 13.2 Å². The monoisotopic (exact) mass is 325 g/mol. The first kappa shape index (κ1) is 18.3. The molecule has 0 heterocycles. The van der Waals surface area contributed by atoms with Crippen molar-refractivity contribution in [3.05, 3.63) is 42.1 Å². The third kappa shape index (κ3) is 5.97. The summed E-state index contributed by atoms with van der Waals surface area (Å²) in [6.45, 7) is 0.914. The van der Waals surface area contributed by atoms with Gasteiger partial charge >= 0.3 is 0 Å². The Kier molecular flexibility index (Phi) is 6.73. The van der Waals surface area contributed by atoms with Crippen LogP contribution in [0.3, 0.4) is 0 Å². The molecule has 0 aliphatic carbocycles. The van der Waals surface area contributed by atoms with E-state index in [9.17, 15) is 13.2 Å². The maximum Gasteiger partial charge on any atom is 0.240 e. The molecule has 122 valence electrons. The van der Waals surface area contributed by atoms with Gasteiger partial charge in [-0.3, -0.25) is 4.79 Å². The van der Waals surface area contributed by atoms with Gasteiger partial charge in [-0.15, -0.1) is 0 Å². The molecular formula is C15H23N3O3S. The number of allylic oxidation sites excluding steroid dienone is 1. The number of hydrogen-bond donors (Lipinski definition) is 1. The smallest absolute Gasteiger partial charge is 0.240 e. The second kappa shape index (κ2) is 8.07. The topological polar surface area (TPSA) is 69.7 Å². The first-order valence-corrected chi connectivity index (χ1v) is 8.34. The lowest BCUT2D eigenvalue weighted by molar-refractivity contribution is 0.104. The summed E-state index contributed by atoms with van der Waals surface area (Å²) in [5.74, 6) is -0.237. The van der Waals surface area contributed by atoms with Crippen molar-refractivity contribution in [3.63, 3.8) is 0 Å². The third-order valence-electron chi connectivity index (χ3n) is 2.80. The van der Waals surface area contributed by atoms with E-state index >= 15 is 0 Å². The number of sulfonamides is 1. The zero-order valence-electron chi connectivity index (χ0n) is 13.4. The summed E-state index contributed by atoms with van der Waals surface area (Å²) in [7, 11) is 3.73. The summed E-state index contributed by atoms with van der Waals surface area (Å²) in [5.41, 5.74) is 0.341. The molecule has 1 aromatic carbocycles. The highest BCUT2D eigenvalue weighted by atomic mass is 32.2. The largest absolute Gasteiger partial charge is 0.383 e. The molecule has 0 fully saturated rings. The van der Waals surface area contributed by atoms with Gasteiger partial charge < -0.3 is 9.80 Å². The van der Waals surface area contributed by atoms with Gasteiger partial charge in [0.15, 0.2) is 5.78 Å². The first-order valence-electron chi connectivity index (χ1n) is 6.86. The summed E-state index contributed by atoms with van der Waals surface area (Å²) in [4.78, 5) is 15.7. The molecule has 1 rings (SSSR count). The van der Waals surface area contributed by atoms with Crippen LogP contribution < -0.4 is 4.72 Å². The van der Waals surface area contributed by atoms with Crippen LogP contribution in [0.4, 0.5) is 0 Å². The zero-order valence-corrected chi connectivity index (χ0v) is 14.2. The molecule has 0 saturated carbocycles. The van der Waals surface area contributed by atoms with Crippen LogP contribution in [-0.2, 0) is 10.0 Å². The third-order valence-corrected chi connectivity index (χ3v) is 4.26. The van der Waals surface area contributed by atoms with E-state index < -0.39 is 10.0 Å². The van der Waals surface area contributed by atoms with Crippen molar-refractivity contribution in [2.45, 2.75) is 4.90 Å². The highest BCUT2D eigenvalue weighted by molar-refractivity contribution is 7.89. The number of nitrogens with zero attached hydrogens (tertiary/aromatic N) is 2. The average Bonchev–Trinajstić information content (AvgIpc) is 2.44. The highest BCUT2D eigenvalue weighted by Crippen LogP contribution is 2.12. The van der Waals surface area contributed by atoms with Crippen LogP contribution in [0.5, 0.6) is 0 Å². The zero-order chi connectivity index (χ0) is 16.8. The second-order valence-corrected chi connectivity index (χ2v) is 7.14. The summed E-state index contributed by atoms with van der Waals surface area (Å²) in [6.07, 6.45) is 3.03. The molecule has 0 radical (unpaired) electrons. The normalized spacial score (nSPS) is 12.0. The number of hydrogen-bond acceptors (Lipinski definition) is 5. The number of rotatable bonds is 8. The van der Waals surface area contributed by atoms with Crippen LogP contribution in [0.25, 0.3) is 0 Å². The van der Waals surface area contributed by atoms with Gasteiger partial charge in [0.05, 0.1) is 4.90 Å². The Bertz CT molecular complexity index is 637. The Balaban J connectivity index is 2.89. The Labute approximate surface area is 132 Å². The minimum absolute atomic E-state index is 0.0929. The number of ketones is 1. The predicted octanol–water partition coefficient (Wildman–Crippen LogP) is 0.785. The van der Waals surface area contributed by atoms with Crippen molar-refractivity contribution in [2.75, 3.05) is 41.3 Å². The molecule has 0 aromatic heterocycles. The Morgan fingerprint density at radius 1 is 1.23 bits per heavy atom. The van der Waals surface area contributed by atoms with Gasteiger partial charge in [-0.05, 0) is 26.2 Å². The van der Waals surface area contributed by atoms with Crippen molar-refractivity contribution in [1.82, 2.24) is 14.5 Å². The van der Waals surface area contributed by atoms with Crippen molar-refractivity contribution in [1.29, 1.82) is 0 Å². The standard InChI is InChI=1S/C15H23N3O3S/c1-17(2)10-8-15(19)13-6-5-7-14(12-13)22(20,21)16-9-11-18(3)4/h5-8,10,12,16H,9,11H2,1-4H3. The molecule has 0 aliphatic rings. The minimum Gasteiger partial charge on any atom is -0.383 e. The van der Waals surface area contributed by atoms with E-state index in [4.69, 9.17) is 0 Å². The number of nitrogens with one attached hydrogen (secondary N) is 1. The van der Waals surface area contributed by atoms with Gasteiger partial charge in [0.25, 0.3) is 0 Å². The Hall–Kier alpha value is -1.70. The van der Waals surface area contributed by atoms with Crippen molar-refractivity contribution in [2.24, 2.45) is 0 Å². The summed E-state index contributed by atoms with van der Waals surface area (Å²) >= 11 is 0. The van der Waals surface area contributed by atoms with Gasteiger partial charge in [-0.25, -0.2) is 13.1 Å². The van der Waals surface area contributed by atoms with Crippen molar-refractivity contribution >= 4 is 15.8 Å². The predicted molar refractivity (Wildman–Crippen MR) is 87.3 cm³/mol. The van der Waals surface area contributed by atoms with Gasteiger partial charge in [0.2, 0.25) is 10.0 Å². The lowest BCUT2D eigenvalue weighted by atomic mass is 10.1. The molecule has 0 saturated heterocycles. The molecule has 7 heteroatoms. The molecule has 6 nitrogen and oxygen atoms in total. The summed E-state index contributed by atoms with van der Waals surface area (Å²) in [6, 6.07) is 6.03. The highest BCUT2D eigenvalue weighted by Gasteiger charge is 2.15. The van der Waals surface area contributed by atoms with E-state index in [1.54, 1.807) is 37.3 Å². The molecular weight excluding hydrogens is 302 g/mol. The van der Waals surface area contributed by atoms with Gasteiger partial charge in [0, 0.05) is 45.0 Å². The van der Waals surface area contributed by atoms with Crippen molar-refractivity contribution in [3.8, 4) is 0 Å². The number of carbonyl (C=O) groups excluding carboxylic acids is 1. The number of benzene rings is 1. The Morgan fingerprint density at radius 3 is 2.50 bits per heavy atom. The van der Waals surface area contributed by atoms with E-state index in [2.05, 4.69) is 4.72 Å². The van der Waals surface area contributed by atoms with Gasteiger partial charge in [0.1, 0.15) is 0 Å². The molecule has 1 N–H and O–H groups in total. The first-order chi connectivity index (χ1) is 10.2. The molecule has 22 heavy (non-hydrogen) atoms. The molecule has 0 amide bonds. The fourth-order valence-electron chi connectivity index (χ4n) is 1.62. The molecule has 0 bridgehead atoms. The maximum atomic E-state index is 12.2. The molecule has 0 atom stereocenters. The molecule has 0 aliphatic heterocycles. The van der Waals surface area contributed by atoms with Crippen LogP contribution in [0.2, 0.25) is 0 Å². The SMILES string of the molecule is CN(C)C=CC(=O)c1cccc(S(=O)(=O)NCCN(C)C)c1. The molecule has 1 aromatic rings. The van der Waals surface area contributed by atoms with E-state index in [-0.39, 0.29) is 10.7 Å². The lowest BCUT2D eigenvalue weighted by Gasteiger charge is -2.11. The van der Waals surface area contributed by atoms with Crippen LogP contribution >= 0.6 is 0 Å². The van der Waals surface area contributed by atoms with E-state index in [1.807, 2.05) is 19.0 Å². The molecule has 0 spiro atoms. The van der Waals surface area contributed by atoms with Crippen LogP contribution in [-0.4, -0.2) is 65.3 Å². The fourth-order valence-corrected chi connectivity index (χ4v) is 2.68. The van der Waals surface area contributed by atoms with E-state index in [0.717, 1.165) is 0 Å². The van der Waals surface area contributed by atoms with Crippen LogP contribution in [0, 0.1) is 0 Å². The maximum absolute atomic E-state index is 12.2. The summed E-state index contributed by atoms with van der Waals surface area (Å²) in [5, 5.41) is 0. The number of carbonyl (C=O) groups is 1. The second-order valence-electron chi connectivity index (χ2n) is 5.37. The quantitative estimate of drug-likeness (QED) is 0.565. The van der Waals surface area contributed by atoms with E-state index in [1.165, 1.54) is 18.2 Å². The number of likely N-dealkylation sites (N-methyl/N-ethyl adjacent to an activating group) is 1. The molecule has 0 unspecified atom stereocenters. The lowest BCUT2D eigenvalue weighted by Crippen LogP contribution is -2.31. The fraction of sp³-hybridized carbons (Fsp3) is 0.400. The van der Waals surface area contributed by atoms with Gasteiger partial charge in [-0.2, -0.15) is 0 Å². The summed E-state index contributed by atoms with van der Waals surface area (Å²) < 4.78 is 26.9. The minimum atomic E-state index is -3.61. The van der Waals surface area contributed by atoms with Crippen LogP contribution in [0.15, 0.2) is 41.4 Å². The van der Waals surface area contributed by atoms with E-state index in [0.29, 0.717) is 18.7 Å². The van der Waals surface area contributed by atoms with Crippen LogP contribution in [0.1, 0.15) is 10.4 Å².